The summed E-state index contributed by atoms with van der Waals surface area (Å²) in [6, 6.07) is 10.7. The number of methoxy groups -OCH3 is 2. The summed E-state index contributed by atoms with van der Waals surface area (Å²) >= 11 is 0. The fraction of sp³-hybridized carbons (Fsp3) is 0.350. The number of anilines is 1. The first-order valence-corrected chi connectivity index (χ1v) is 8.73. The summed E-state index contributed by atoms with van der Waals surface area (Å²) in [5.41, 5.74) is 0.187. The number of amides is 1. The predicted molar refractivity (Wildman–Crippen MR) is 101 cm³/mol. The third-order valence-corrected chi connectivity index (χ3v) is 4.08. The van der Waals surface area contributed by atoms with E-state index in [0.29, 0.717) is 24.5 Å². The number of hydrogen-bond acceptors (Lipinski definition) is 4. The van der Waals surface area contributed by atoms with Crippen molar-refractivity contribution in [1.82, 2.24) is 5.32 Å². The minimum atomic E-state index is -4.44. The van der Waals surface area contributed by atoms with Crippen molar-refractivity contribution in [1.29, 1.82) is 0 Å². The number of hydrogen-bond donors (Lipinski definition) is 2. The fourth-order valence-electron chi connectivity index (χ4n) is 2.67. The van der Waals surface area contributed by atoms with Gasteiger partial charge in [-0.3, -0.25) is 4.79 Å². The summed E-state index contributed by atoms with van der Waals surface area (Å²) in [5, 5.41) is 5.43. The van der Waals surface area contributed by atoms with E-state index in [1.807, 2.05) is 12.1 Å². The third-order valence-electron chi connectivity index (χ3n) is 4.08. The molecule has 0 aliphatic rings. The average Bonchev–Trinajstić information content (AvgIpc) is 2.67. The second-order valence-electron chi connectivity index (χ2n) is 6.01. The Balaban J connectivity index is 1.77. The number of nitrogens with one attached hydrogen (secondary N) is 2. The van der Waals surface area contributed by atoms with E-state index in [2.05, 4.69) is 10.6 Å². The van der Waals surface area contributed by atoms with Crippen LogP contribution in [0.2, 0.25) is 0 Å². The Morgan fingerprint density at radius 1 is 1.00 bits per heavy atom. The number of halogens is 3. The number of rotatable bonds is 9. The van der Waals surface area contributed by atoms with Gasteiger partial charge in [-0.2, -0.15) is 13.2 Å². The summed E-state index contributed by atoms with van der Waals surface area (Å²) in [6.45, 7) is 0.517. The van der Waals surface area contributed by atoms with Crippen LogP contribution in [0, 0.1) is 0 Å². The summed E-state index contributed by atoms with van der Waals surface area (Å²) in [7, 11) is 3.10. The van der Waals surface area contributed by atoms with Crippen molar-refractivity contribution in [3.8, 4) is 11.5 Å². The number of alkyl halides is 3. The molecule has 0 unspecified atom stereocenters. The molecule has 0 aromatic heterocycles. The van der Waals surface area contributed by atoms with Gasteiger partial charge in [-0.1, -0.05) is 18.2 Å². The van der Waals surface area contributed by atoms with Gasteiger partial charge in [0.2, 0.25) is 5.91 Å². The highest BCUT2D eigenvalue weighted by molar-refractivity contribution is 5.76. The Labute approximate surface area is 161 Å². The lowest BCUT2D eigenvalue weighted by atomic mass is 10.1. The molecule has 0 aliphatic carbocycles. The first-order valence-electron chi connectivity index (χ1n) is 8.73. The maximum absolute atomic E-state index is 12.9. The van der Waals surface area contributed by atoms with Crippen molar-refractivity contribution >= 4 is 11.6 Å². The van der Waals surface area contributed by atoms with Gasteiger partial charge in [-0.25, -0.2) is 0 Å². The molecule has 0 aliphatic heterocycles. The molecule has 2 aromatic carbocycles. The van der Waals surface area contributed by atoms with Crippen LogP contribution in [0.3, 0.4) is 0 Å². The van der Waals surface area contributed by atoms with E-state index in [1.54, 1.807) is 20.3 Å². The van der Waals surface area contributed by atoms with Crippen molar-refractivity contribution < 1.29 is 27.4 Å². The zero-order chi connectivity index (χ0) is 20.6. The molecular weight excluding hydrogens is 373 g/mol. The zero-order valence-electron chi connectivity index (χ0n) is 15.7. The van der Waals surface area contributed by atoms with Crippen molar-refractivity contribution in [2.75, 3.05) is 32.6 Å². The third kappa shape index (κ3) is 6.07. The predicted octanol–water partition coefficient (Wildman–Crippen LogP) is 3.88. The van der Waals surface area contributed by atoms with Gasteiger partial charge in [-0.05, 0) is 36.2 Å². The van der Waals surface area contributed by atoms with Gasteiger partial charge in [0.05, 0.1) is 19.8 Å². The SMILES string of the molecule is COc1ccc(CCNC(=O)CCNc2ccccc2C(F)(F)F)cc1OC. The second kappa shape index (κ2) is 9.87. The Morgan fingerprint density at radius 3 is 2.39 bits per heavy atom. The number of para-hydroxylation sites is 1. The van der Waals surface area contributed by atoms with Crippen LogP contribution in [0.5, 0.6) is 11.5 Å². The molecule has 0 spiro atoms. The Morgan fingerprint density at radius 2 is 1.71 bits per heavy atom. The van der Waals surface area contributed by atoms with Crippen LogP contribution >= 0.6 is 0 Å². The van der Waals surface area contributed by atoms with Gasteiger partial charge in [-0.15, -0.1) is 0 Å². The Kier molecular flexibility index (Phi) is 7.54. The van der Waals surface area contributed by atoms with Crippen LogP contribution in [0.1, 0.15) is 17.5 Å². The molecule has 0 fully saturated rings. The van der Waals surface area contributed by atoms with Crippen LogP contribution < -0.4 is 20.1 Å². The number of carbonyl (C=O) groups is 1. The Hall–Kier alpha value is -2.90. The van der Waals surface area contributed by atoms with Crippen molar-refractivity contribution in [2.45, 2.75) is 19.0 Å². The summed E-state index contributed by atoms with van der Waals surface area (Å²) in [6.07, 6.45) is -3.78. The molecule has 0 saturated heterocycles. The van der Waals surface area contributed by atoms with Gasteiger partial charge in [0.25, 0.3) is 0 Å². The lowest BCUT2D eigenvalue weighted by Gasteiger charge is -2.14. The smallest absolute Gasteiger partial charge is 0.418 e. The maximum atomic E-state index is 12.9. The quantitative estimate of drug-likeness (QED) is 0.675. The molecule has 8 heteroatoms. The van der Waals surface area contributed by atoms with E-state index in [9.17, 15) is 18.0 Å². The average molecular weight is 396 g/mol. The van der Waals surface area contributed by atoms with Crippen LogP contribution in [0.25, 0.3) is 0 Å². The molecule has 0 radical (unpaired) electrons. The summed E-state index contributed by atoms with van der Waals surface area (Å²) in [5.74, 6) is 0.997. The highest BCUT2D eigenvalue weighted by Gasteiger charge is 2.33. The largest absolute Gasteiger partial charge is 0.493 e. The highest BCUT2D eigenvalue weighted by Crippen LogP contribution is 2.34. The van der Waals surface area contributed by atoms with E-state index >= 15 is 0 Å². The summed E-state index contributed by atoms with van der Waals surface area (Å²) < 4.78 is 49.2. The molecule has 28 heavy (non-hydrogen) atoms. The molecule has 152 valence electrons. The van der Waals surface area contributed by atoms with Crippen molar-refractivity contribution in [2.24, 2.45) is 0 Å². The number of ether oxygens (including phenoxy) is 2. The van der Waals surface area contributed by atoms with Crippen LogP contribution in [0.4, 0.5) is 18.9 Å². The molecule has 0 saturated carbocycles. The standard InChI is InChI=1S/C20H23F3N2O3/c1-27-17-8-7-14(13-18(17)28-2)9-11-25-19(26)10-12-24-16-6-4-3-5-15(16)20(21,22)23/h3-8,13,24H,9-12H2,1-2H3,(H,25,26). The van der Waals surface area contributed by atoms with Gasteiger partial charge < -0.3 is 20.1 Å². The minimum Gasteiger partial charge on any atom is -0.493 e. The molecule has 2 aromatic rings. The Bertz CT molecular complexity index is 795. The van der Waals surface area contributed by atoms with Crippen LogP contribution in [-0.2, 0) is 17.4 Å². The zero-order valence-corrected chi connectivity index (χ0v) is 15.7. The van der Waals surface area contributed by atoms with E-state index in [0.717, 1.165) is 11.6 Å². The first-order chi connectivity index (χ1) is 13.3. The van der Waals surface area contributed by atoms with Gasteiger partial charge >= 0.3 is 6.18 Å². The molecule has 0 bridgehead atoms. The van der Waals surface area contributed by atoms with Crippen LogP contribution in [-0.4, -0.2) is 33.2 Å². The minimum absolute atomic E-state index is 0.0341. The van der Waals surface area contributed by atoms with E-state index < -0.39 is 11.7 Å². The van der Waals surface area contributed by atoms with E-state index in [1.165, 1.54) is 18.2 Å². The molecule has 2 rings (SSSR count). The maximum Gasteiger partial charge on any atom is 0.418 e. The van der Waals surface area contributed by atoms with Crippen molar-refractivity contribution in [3.63, 3.8) is 0 Å². The molecule has 5 nitrogen and oxygen atoms in total. The lowest BCUT2D eigenvalue weighted by molar-refractivity contribution is -0.137. The van der Waals surface area contributed by atoms with E-state index in [-0.39, 0.29) is 24.6 Å². The van der Waals surface area contributed by atoms with Gasteiger partial charge in [0.15, 0.2) is 11.5 Å². The topological polar surface area (TPSA) is 59.6 Å². The monoisotopic (exact) mass is 396 g/mol. The molecular formula is C20H23F3N2O3. The fourth-order valence-corrected chi connectivity index (χ4v) is 2.67. The number of carbonyl (C=O) groups excluding carboxylic acids is 1. The summed E-state index contributed by atoms with van der Waals surface area (Å²) in [4.78, 5) is 11.9. The van der Waals surface area contributed by atoms with Gasteiger partial charge in [0.1, 0.15) is 0 Å². The molecule has 1 amide bonds. The lowest BCUT2D eigenvalue weighted by Crippen LogP contribution is -2.27. The first kappa shape index (κ1) is 21.4. The number of benzene rings is 2. The molecule has 0 atom stereocenters. The van der Waals surface area contributed by atoms with Crippen molar-refractivity contribution in [3.05, 3.63) is 53.6 Å². The van der Waals surface area contributed by atoms with Gasteiger partial charge in [0, 0.05) is 25.2 Å². The highest BCUT2D eigenvalue weighted by atomic mass is 19.4. The van der Waals surface area contributed by atoms with E-state index in [4.69, 9.17) is 9.47 Å². The molecule has 0 heterocycles. The molecule has 2 N–H and O–H groups in total. The normalized spacial score (nSPS) is 11.0. The second-order valence-corrected chi connectivity index (χ2v) is 6.01. The van der Waals surface area contributed by atoms with Crippen LogP contribution in [0.15, 0.2) is 42.5 Å².